The molecule has 2 aromatic rings. The largest absolute Gasteiger partial charge is 0.368 e. The lowest BCUT2D eigenvalue weighted by molar-refractivity contribution is 0.413. The first-order chi connectivity index (χ1) is 9.61. The highest BCUT2D eigenvalue weighted by Crippen LogP contribution is 2.25. The summed E-state index contributed by atoms with van der Waals surface area (Å²) in [6.07, 6.45) is 4.82. The van der Waals surface area contributed by atoms with Gasteiger partial charge in [-0.3, -0.25) is 9.97 Å². The van der Waals surface area contributed by atoms with E-state index >= 15 is 0 Å². The van der Waals surface area contributed by atoms with Crippen LogP contribution in [-0.2, 0) is 0 Å². The van der Waals surface area contributed by atoms with Crippen molar-refractivity contribution in [2.75, 3.05) is 38.6 Å². The first-order valence-corrected chi connectivity index (χ1v) is 7.71. The molecule has 0 aliphatic carbocycles. The van der Waals surface area contributed by atoms with Crippen LogP contribution in [0.15, 0.2) is 29.0 Å². The molecule has 2 heterocycles. The molecule has 108 valence electrons. The molecule has 2 aromatic heterocycles. The fourth-order valence-corrected chi connectivity index (χ4v) is 2.51. The van der Waals surface area contributed by atoms with Gasteiger partial charge in [0.05, 0.1) is 11.2 Å². The molecule has 0 aromatic carbocycles. The maximum absolute atomic E-state index is 4.55. The van der Waals surface area contributed by atoms with E-state index in [0.717, 1.165) is 41.6 Å². The van der Waals surface area contributed by atoms with E-state index in [0.29, 0.717) is 0 Å². The van der Waals surface area contributed by atoms with Crippen LogP contribution in [0.2, 0.25) is 0 Å². The lowest BCUT2D eigenvalue weighted by Crippen LogP contribution is -2.32. The fraction of sp³-hybridized carbons (Fsp3) is 0.467. The molecule has 0 saturated carbocycles. The van der Waals surface area contributed by atoms with Crippen LogP contribution in [0.25, 0.3) is 11.0 Å². The minimum absolute atomic E-state index is 0.933. The van der Waals surface area contributed by atoms with Crippen LogP contribution >= 0.6 is 15.9 Å². The zero-order valence-corrected chi connectivity index (χ0v) is 13.9. The SMILES string of the molecule is CCCN(CCN(C)C)c1ccnc2cc(Br)cnc12. The molecule has 2 rings (SSSR count). The third-order valence-corrected chi connectivity index (χ3v) is 3.61. The Kier molecular flexibility index (Phi) is 5.31. The number of aromatic nitrogens is 2. The maximum Gasteiger partial charge on any atom is 0.112 e. The highest BCUT2D eigenvalue weighted by atomic mass is 79.9. The molecule has 0 atom stereocenters. The number of hydrogen-bond acceptors (Lipinski definition) is 4. The Morgan fingerprint density at radius 1 is 1.15 bits per heavy atom. The Hall–Kier alpha value is -1.20. The van der Waals surface area contributed by atoms with Crippen molar-refractivity contribution in [1.82, 2.24) is 14.9 Å². The Labute approximate surface area is 128 Å². The zero-order valence-electron chi connectivity index (χ0n) is 12.3. The van der Waals surface area contributed by atoms with Gasteiger partial charge in [-0.15, -0.1) is 0 Å². The average Bonchev–Trinajstić information content (AvgIpc) is 2.42. The van der Waals surface area contributed by atoms with Crippen molar-refractivity contribution in [3.05, 3.63) is 29.0 Å². The van der Waals surface area contributed by atoms with Gasteiger partial charge >= 0.3 is 0 Å². The number of rotatable bonds is 6. The van der Waals surface area contributed by atoms with Gasteiger partial charge in [-0.05, 0) is 48.6 Å². The van der Waals surface area contributed by atoms with Crippen LogP contribution in [0, 0.1) is 0 Å². The Morgan fingerprint density at radius 3 is 2.65 bits per heavy atom. The van der Waals surface area contributed by atoms with Crippen molar-refractivity contribution in [3.8, 4) is 0 Å². The first kappa shape index (κ1) is 15.2. The summed E-state index contributed by atoms with van der Waals surface area (Å²) in [4.78, 5) is 13.6. The predicted molar refractivity (Wildman–Crippen MR) is 88.3 cm³/mol. The second-order valence-electron chi connectivity index (χ2n) is 5.14. The number of hydrogen-bond donors (Lipinski definition) is 0. The van der Waals surface area contributed by atoms with Crippen molar-refractivity contribution in [2.24, 2.45) is 0 Å². The second-order valence-corrected chi connectivity index (χ2v) is 6.06. The Morgan fingerprint density at radius 2 is 1.95 bits per heavy atom. The molecule has 0 aliphatic rings. The van der Waals surface area contributed by atoms with Crippen molar-refractivity contribution < 1.29 is 0 Å². The zero-order chi connectivity index (χ0) is 14.5. The van der Waals surface area contributed by atoms with Gasteiger partial charge in [0, 0.05) is 36.5 Å². The van der Waals surface area contributed by atoms with E-state index in [1.807, 2.05) is 18.5 Å². The summed E-state index contributed by atoms with van der Waals surface area (Å²) < 4.78 is 0.963. The van der Waals surface area contributed by atoms with E-state index in [1.54, 1.807) is 0 Å². The molecule has 0 spiro atoms. The summed E-state index contributed by atoms with van der Waals surface area (Å²) in [6.45, 7) is 5.26. The molecular formula is C15H21BrN4. The van der Waals surface area contributed by atoms with Gasteiger partial charge in [-0.1, -0.05) is 6.92 Å². The standard InChI is InChI=1S/C15H21BrN4/c1-4-7-20(9-8-19(2)3)14-5-6-17-13-10-12(16)11-18-15(13)14/h5-6,10-11H,4,7-9H2,1-3H3. The van der Waals surface area contributed by atoms with Crippen molar-refractivity contribution in [2.45, 2.75) is 13.3 Å². The third-order valence-electron chi connectivity index (χ3n) is 3.17. The van der Waals surface area contributed by atoms with Crippen LogP contribution in [0.3, 0.4) is 0 Å². The lowest BCUT2D eigenvalue weighted by Gasteiger charge is -2.26. The molecule has 0 radical (unpaired) electrons. The fourth-order valence-electron chi connectivity index (χ4n) is 2.19. The molecule has 5 heteroatoms. The van der Waals surface area contributed by atoms with Crippen molar-refractivity contribution >= 4 is 32.7 Å². The van der Waals surface area contributed by atoms with Crippen LogP contribution < -0.4 is 4.90 Å². The third kappa shape index (κ3) is 3.67. The highest BCUT2D eigenvalue weighted by Gasteiger charge is 2.11. The predicted octanol–water partition coefficient (Wildman–Crippen LogP) is 3.17. The molecule has 0 aliphatic heterocycles. The van der Waals surface area contributed by atoms with Crippen molar-refractivity contribution in [1.29, 1.82) is 0 Å². The van der Waals surface area contributed by atoms with Crippen LogP contribution in [0.5, 0.6) is 0 Å². The van der Waals surface area contributed by atoms with Gasteiger partial charge in [0.15, 0.2) is 0 Å². The van der Waals surface area contributed by atoms with E-state index in [9.17, 15) is 0 Å². The molecular weight excluding hydrogens is 316 g/mol. The van der Waals surface area contributed by atoms with E-state index in [4.69, 9.17) is 0 Å². The summed E-state index contributed by atoms with van der Waals surface area (Å²) in [6, 6.07) is 4.08. The summed E-state index contributed by atoms with van der Waals surface area (Å²) in [5.74, 6) is 0. The summed E-state index contributed by atoms with van der Waals surface area (Å²) in [5, 5.41) is 0. The number of halogens is 1. The molecule has 4 nitrogen and oxygen atoms in total. The summed E-state index contributed by atoms with van der Waals surface area (Å²) in [5.41, 5.74) is 3.08. The smallest absolute Gasteiger partial charge is 0.112 e. The molecule has 0 N–H and O–H groups in total. The minimum atomic E-state index is 0.933. The average molecular weight is 337 g/mol. The summed E-state index contributed by atoms with van der Waals surface area (Å²) in [7, 11) is 4.20. The van der Waals surface area contributed by atoms with E-state index < -0.39 is 0 Å². The number of nitrogens with zero attached hydrogens (tertiary/aromatic N) is 4. The molecule has 0 saturated heterocycles. The van der Waals surface area contributed by atoms with Gasteiger partial charge in [-0.25, -0.2) is 0 Å². The molecule has 0 unspecified atom stereocenters. The second kappa shape index (κ2) is 6.99. The van der Waals surface area contributed by atoms with Crippen molar-refractivity contribution in [3.63, 3.8) is 0 Å². The highest BCUT2D eigenvalue weighted by molar-refractivity contribution is 9.10. The van der Waals surface area contributed by atoms with Gasteiger partial charge < -0.3 is 9.80 Å². The Bertz CT molecular complexity index is 571. The van der Waals surface area contributed by atoms with Gasteiger partial charge in [0.1, 0.15) is 5.52 Å². The number of fused-ring (bicyclic) bond motifs is 1. The first-order valence-electron chi connectivity index (χ1n) is 6.91. The monoisotopic (exact) mass is 336 g/mol. The number of anilines is 1. The minimum Gasteiger partial charge on any atom is -0.368 e. The van der Waals surface area contributed by atoms with E-state index in [-0.39, 0.29) is 0 Å². The molecule has 0 amide bonds. The van der Waals surface area contributed by atoms with Crippen LogP contribution in [0.4, 0.5) is 5.69 Å². The van der Waals surface area contributed by atoms with Crippen LogP contribution in [0.1, 0.15) is 13.3 Å². The normalized spacial score (nSPS) is 11.2. The van der Waals surface area contributed by atoms with Crippen LogP contribution in [-0.4, -0.2) is 48.6 Å². The lowest BCUT2D eigenvalue weighted by atomic mass is 10.2. The van der Waals surface area contributed by atoms with Gasteiger partial charge in [0.25, 0.3) is 0 Å². The maximum atomic E-state index is 4.55. The number of pyridine rings is 2. The van der Waals surface area contributed by atoms with E-state index in [1.165, 1.54) is 5.69 Å². The number of likely N-dealkylation sites (N-methyl/N-ethyl adjacent to an activating group) is 1. The molecule has 0 bridgehead atoms. The van der Waals surface area contributed by atoms with Gasteiger partial charge in [-0.2, -0.15) is 0 Å². The topological polar surface area (TPSA) is 32.3 Å². The molecule has 20 heavy (non-hydrogen) atoms. The Balaban J connectivity index is 2.36. The molecule has 0 fully saturated rings. The van der Waals surface area contributed by atoms with E-state index in [2.05, 4.69) is 62.8 Å². The summed E-state index contributed by atoms with van der Waals surface area (Å²) >= 11 is 3.45. The quantitative estimate of drug-likeness (QED) is 0.810. The van der Waals surface area contributed by atoms with Gasteiger partial charge in [0.2, 0.25) is 0 Å².